The number of phenolic OH excluding ortho intramolecular Hbond substituents is 1. The quantitative estimate of drug-likeness (QED) is 0.786. The second-order valence-corrected chi connectivity index (χ2v) is 6.70. The Morgan fingerprint density at radius 2 is 1.91 bits per heavy atom. The maximum Gasteiger partial charge on any atom is 0.115 e. The number of phenols is 1. The molecule has 0 spiro atoms. The van der Waals surface area contributed by atoms with Gasteiger partial charge >= 0.3 is 0 Å². The first-order chi connectivity index (χ1) is 10.8. The molecule has 0 amide bonds. The number of halogens is 2. The summed E-state index contributed by atoms with van der Waals surface area (Å²) in [7, 11) is 0. The number of aliphatic hydroxyl groups is 1. The van der Waals surface area contributed by atoms with Crippen LogP contribution in [-0.4, -0.2) is 16.8 Å². The number of aromatic hydroxyl groups is 1. The molecular weight excluding hydrogens is 335 g/mol. The average molecular weight is 355 g/mol. The van der Waals surface area contributed by atoms with Gasteiger partial charge in [-0.2, -0.15) is 0 Å². The van der Waals surface area contributed by atoms with Crippen molar-refractivity contribution in [2.24, 2.45) is 5.92 Å². The Morgan fingerprint density at radius 3 is 2.57 bits per heavy atom. The van der Waals surface area contributed by atoms with Crippen LogP contribution in [0.5, 0.6) is 5.75 Å². The summed E-state index contributed by atoms with van der Waals surface area (Å²) >= 11 is 12.1. The molecule has 124 valence electrons. The van der Waals surface area contributed by atoms with E-state index in [0.717, 1.165) is 5.56 Å². The average Bonchev–Trinajstić information content (AvgIpc) is 2.46. The van der Waals surface area contributed by atoms with Crippen LogP contribution >= 0.6 is 23.2 Å². The standard InChI is InChI=1S/C18H20Cl2O3/c1-12(10-23-11-13-4-3-5-15(21)8-13)18(2,22)16-7-6-14(19)9-17(16)20/h3-9,12,21-22H,10-11H2,1-2H3. The Bertz CT molecular complexity index is 671. The first-order valence-corrected chi connectivity index (χ1v) is 8.10. The highest BCUT2D eigenvalue weighted by atomic mass is 35.5. The zero-order chi connectivity index (χ0) is 17.0. The van der Waals surface area contributed by atoms with Gasteiger partial charge in [0.05, 0.1) is 18.8 Å². The number of hydrogen-bond donors (Lipinski definition) is 2. The molecule has 0 aliphatic heterocycles. The maximum absolute atomic E-state index is 10.8. The van der Waals surface area contributed by atoms with Gasteiger partial charge in [-0.25, -0.2) is 0 Å². The van der Waals surface area contributed by atoms with Gasteiger partial charge in [0, 0.05) is 21.5 Å². The monoisotopic (exact) mass is 354 g/mol. The smallest absolute Gasteiger partial charge is 0.115 e. The molecule has 2 unspecified atom stereocenters. The van der Waals surface area contributed by atoms with E-state index in [1.807, 2.05) is 13.0 Å². The van der Waals surface area contributed by atoms with Crippen LogP contribution in [0.15, 0.2) is 42.5 Å². The molecule has 2 aromatic carbocycles. The maximum atomic E-state index is 10.8. The Labute approximate surface area is 146 Å². The van der Waals surface area contributed by atoms with E-state index in [9.17, 15) is 10.2 Å². The summed E-state index contributed by atoms with van der Waals surface area (Å²) in [5.41, 5.74) is 0.360. The number of rotatable bonds is 6. The first kappa shape index (κ1) is 18.1. The van der Waals surface area contributed by atoms with Gasteiger partial charge in [-0.3, -0.25) is 0 Å². The van der Waals surface area contributed by atoms with Crippen LogP contribution in [0.4, 0.5) is 0 Å². The minimum atomic E-state index is -1.14. The van der Waals surface area contributed by atoms with Crippen molar-refractivity contribution in [2.45, 2.75) is 26.1 Å². The molecule has 0 radical (unpaired) electrons. The van der Waals surface area contributed by atoms with Crippen molar-refractivity contribution in [3.05, 3.63) is 63.6 Å². The molecule has 2 rings (SSSR count). The molecule has 2 N–H and O–H groups in total. The summed E-state index contributed by atoms with van der Waals surface area (Å²) in [6, 6.07) is 12.0. The summed E-state index contributed by atoms with van der Waals surface area (Å²) < 4.78 is 5.67. The molecule has 0 bridgehead atoms. The zero-order valence-corrected chi connectivity index (χ0v) is 14.6. The third-order valence-corrected chi connectivity index (χ3v) is 4.53. The molecule has 23 heavy (non-hydrogen) atoms. The molecular formula is C18H20Cl2O3. The van der Waals surface area contributed by atoms with Crippen LogP contribution in [-0.2, 0) is 16.9 Å². The molecule has 0 heterocycles. The summed E-state index contributed by atoms with van der Waals surface area (Å²) in [4.78, 5) is 0. The molecule has 5 heteroatoms. The van der Waals surface area contributed by atoms with E-state index in [0.29, 0.717) is 28.8 Å². The molecule has 0 saturated heterocycles. The van der Waals surface area contributed by atoms with E-state index in [4.69, 9.17) is 27.9 Å². The number of hydrogen-bond acceptors (Lipinski definition) is 3. The van der Waals surface area contributed by atoms with Gasteiger partial charge < -0.3 is 14.9 Å². The number of benzene rings is 2. The van der Waals surface area contributed by atoms with Gasteiger partial charge in [-0.15, -0.1) is 0 Å². The summed E-state index contributed by atoms with van der Waals surface area (Å²) in [5, 5.41) is 21.2. The van der Waals surface area contributed by atoms with Gasteiger partial charge in [-0.05, 0) is 36.8 Å². The normalized spacial score (nSPS) is 15.2. The fourth-order valence-corrected chi connectivity index (χ4v) is 2.93. The highest BCUT2D eigenvalue weighted by Crippen LogP contribution is 2.35. The minimum absolute atomic E-state index is 0.182. The fraction of sp³-hybridized carbons (Fsp3) is 0.333. The van der Waals surface area contributed by atoms with E-state index >= 15 is 0 Å². The van der Waals surface area contributed by atoms with Crippen LogP contribution in [0.25, 0.3) is 0 Å². The van der Waals surface area contributed by atoms with Gasteiger partial charge in [-0.1, -0.05) is 48.3 Å². The van der Waals surface area contributed by atoms with E-state index in [1.165, 1.54) is 0 Å². The third-order valence-electron chi connectivity index (χ3n) is 3.98. The van der Waals surface area contributed by atoms with E-state index < -0.39 is 5.60 Å². The summed E-state index contributed by atoms with van der Waals surface area (Å²) in [6.45, 7) is 4.32. The van der Waals surface area contributed by atoms with Gasteiger partial charge in [0.15, 0.2) is 0 Å². The SMILES string of the molecule is CC(COCc1cccc(O)c1)C(C)(O)c1ccc(Cl)cc1Cl. The predicted molar refractivity (Wildman–Crippen MR) is 93.0 cm³/mol. The van der Waals surface area contributed by atoms with Gasteiger partial charge in [0.1, 0.15) is 5.75 Å². The van der Waals surface area contributed by atoms with Crippen molar-refractivity contribution >= 4 is 23.2 Å². The van der Waals surface area contributed by atoms with Crippen LogP contribution in [0.1, 0.15) is 25.0 Å². The molecule has 0 aliphatic rings. The zero-order valence-electron chi connectivity index (χ0n) is 13.1. The topological polar surface area (TPSA) is 49.7 Å². The van der Waals surface area contributed by atoms with E-state index in [-0.39, 0.29) is 11.7 Å². The Hall–Kier alpha value is -1.26. The van der Waals surface area contributed by atoms with Crippen LogP contribution in [0.2, 0.25) is 10.0 Å². The molecule has 0 aliphatic carbocycles. The largest absolute Gasteiger partial charge is 0.508 e. The van der Waals surface area contributed by atoms with Crippen molar-refractivity contribution < 1.29 is 14.9 Å². The highest BCUT2D eigenvalue weighted by Gasteiger charge is 2.32. The molecule has 0 aromatic heterocycles. The summed E-state index contributed by atoms with van der Waals surface area (Å²) in [6.07, 6.45) is 0. The molecule has 0 saturated carbocycles. The Balaban J connectivity index is 1.99. The lowest BCUT2D eigenvalue weighted by Crippen LogP contribution is -2.33. The number of ether oxygens (including phenoxy) is 1. The second-order valence-electron chi connectivity index (χ2n) is 5.86. The van der Waals surface area contributed by atoms with Crippen molar-refractivity contribution in [3.8, 4) is 5.75 Å². The molecule has 0 fully saturated rings. The van der Waals surface area contributed by atoms with Crippen LogP contribution in [0, 0.1) is 5.92 Å². The van der Waals surface area contributed by atoms with Crippen LogP contribution < -0.4 is 0 Å². The lowest BCUT2D eigenvalue weighted by molar-refractivity contribution is -0.0423. The molecule has 2 aromatic rings. The van der Waals surface area contributed by atoms with Gasteiger partial charge in [0.2, 0.25) is 0 Å². The van der Waals surface area contributed by atoms with Gasteiger partial charge in [0.25, 0.3) is 0 Å². The Kier molecular flexibility index (Phi) is 5.93. The predicted octanol–water partition coefficient (Wildman–Crippen LogP) is 4.76. The molecule has 2 atom stereocenters. The fourth-order valence-electron chi connectivity index (χ4n) is 2.33. The summed E-state index contributed by atoms with van der Waals surface area (Å²) in [5.74, 6) is 0.0255. The van der Waals surface area contributed by atoms with Crippen molar-refractivity contribution in [1.29, 1.82) is 0 Å². The lowest BCUT2D eigenvalue weighted by atomic mass is 9.84. The third kappa shape index (κ3) is 4.61. The minimum Gasteiger partial charge on any atom is -0.508 e. The van der Waals surface area contributed by atoms with Crippen LogP contribution in [0.3, 0.4) is 0 Å². The second kappa shape index (κ2) is 7.54. The highest BCUT2D eigenvalue weighted by molar-refractivity contribution is 6.35. The lowest BCUT2D eigenvalue weighted by Gasteiger charge is -2.31. The van der Waals surface area contributed by atoms with E-state index in [1.54, 1.807) is 43.3 Å². The molecule has 3 nitrogen and oxygen atoms in total. The van der Waals surface area contributed by atoms with Crippen molar-refractivity contribution in [3.63, 3.8) is 0 Å². The first-order valence-electron chi connectivity index (χ1n) is 7.34. The van der Waals surface area contributed by atoms with Crippen molar-refractivity contribution in [2.75, 3.05) is 6.61 Å². The van der Waals surface area contributed by atoms with Crippen molar-refractivity contribution in [1.82, 2.24) is 0 Å². The van der Waals surface area contributed by atoms with E-state index in [2.05, 4.69) is 0 Å². The Morgan fingerprint density at radius 1 is 1.17 bits per heavy atom.